The third kappa shape index (κ3) is 13.4. The molecule has 0 saturated carbocycles. The number of hydrogen-bond donors (Lipinski definition) is 7. The number of aliphatic hydroxyl groups excluding tert-OH is 3. The van der Waals surface area contributed by atoms with Crippen LogP contribution in [0.25, 0.3) is 0 Å². The zero-order valence-corrected chi connectivity index (χ0v) is 30.5. The van der Waals surface area contributed by atoms with E-state index in [0.717, 1.165) is 22.9 Å². The minimum absolute atomic E-state index is 0. The number of aromatic hydroxyl groups is 1. The van der Waals surface area contributed by atoms with Gasteiger partial charge in [-0.2, -0.15) is 8.42 Å². The number of carbonyl (C=O) groups excluding carboxylic acids is 1. The minimum atomic E-state index is -4.67. The van der Waals surface area contributed by atoms with E-state index in [1.165, 1.54) is 18.9 Å². The highest BCUT2D eigenvalue weighted by Gasteiger charge is 2.53. The summed E-state index contributed by atoms with van der Waals surface area (Å²) in [6.07, 6.45) is 3.71. The first-order valence-electron chi connectivity index (χ1n) is 15.6. The van der Waals surface area contributed by atoms with Crippen LogP contribution in [0.5, 0.6) is 5.75 Å². The molecular formula is C33H53BrN2O10S. The number of halogens is 1. The molecule has 2 heterocycles. The highest BCUT2D eigenvalue weighted by Crippen LogP contribution is 2.44. The number of quaternary nitrogens is 1. The van der Waals surface area contributed by atoms with Crippen molar-refractivity contribution < 1.29 is 68.9 Å². The third-order valence-corrected chi connectivity index (χ3v) is 9.03. The molecule has 2 saturated heterocycles. The number of piperidine rings is 1. The van der Waals surface area contributed by atoms with Gasteiger partial charge in [0.25, 0.3) is 0 Å². The van der Waals surface area contributed by atoms with Crippen LogP contribution in [0, 0.1) is 0 Å². The van der Waals surface area contributed by atoms with Gasteiger partial charge >= 0.3 is 16.4 Å². The first kappa shape index (κ1) is 42.9. The van der Waals surface area contributed by atoms with Crippen LogP contribution in [-0.4, -0.2) is 98.4 Å². The van der Waals surface area contributed by atoms with Crippen LogP contribution >= 0.6 is 0 Å². The number of ether oxygens (including phenoxy) is 1. The van der Waals surface area contributed by atoms with E-state index in [-0.39, 0.29) is 53.6 Å². The summed E-state index contributed by atoms with van der Waals surface area (Å²) in [5.74, 6) is -0.808. The molecule has 0 aromatic heterocycles. The fourth-order valence-electron chi connectivity index (χ4n) is 6.28. The Morgan fingerprint density at radius 2 is 1.53 bits per heavy atom. The van der Waals surface area contributed by atoms with Crippen molar-refractivity contribution >= 4 is 16.4 Å². The maximum Gasteiger partial charge on any atom is 0.394 e. The highest BCUT2D eigenvalue weighted by atomic mass is 79.9. The van der Waals surface area contributed by atoms with Gasteiger partial charge in [0.1, 0.15) is 17.8 Å². The van der Waals surface area contributed by atoms with E-state index >= 15 is 0 Å². The summed E-state index contributed by atoms with van der Waals surface area (Å²) in [5.41, 5.74) is 1.88. The molecule has 7 N–H and O–H groups in total. The molecule has 2 bridgehead atoms. The van der Waals surface area contributed by atoms with Gasteiger partial charge in [-0.1, -0.05) is 36.4 Å². The normalized spacial score (nSPS) is 23.3. The van der Waals surface area contributed by atoms with Crippen LogP contribution in [0.15, 0.2) is 48.5 Å². The Balaban J connectivity index is 0.000000421. The van der Waals surface area contributed by atoms with Gasteiger partial charge < -0.3 is 51.9 Å². The Morgan fingerprint density at radius 1 is 1.00 bits per heavy atom. The van der Waals surface area contributed by atoms with Gasteiger partial charge in [0.2, 0.25) is 0 Å². The molecule has 0 radical (unpaired) electrons. The maximum atomic E-state index is 12.6. The predicted molar refractivity (Wildman–Crippen MR) is 174 cm³/mol. The van der Waals surface area contributed by atoms with E-state index in [4.69, 9.17) is 27.4 Å². The Morgan fingerprint density at radius 3 is 1.98 bits per heavy atom. The summed E-state index contributed by atoms with van der Waals surface area (Å²) in [6, 6.07) is 16.0. The quantitative estimate of drug-likeness (QED) is 0.107. The van der Waals surface area contributed by atoms with Crippen LogP contribution in [0.4, 0.5) is 0 Å². The number of phenols is 1. The average Bonchev–Trinajstić information content (AvgIpc) is 3.12. The zero-order chi connectivity index (χ0) is 34.9. The van der Waals surface area contributed by atoms with Crippen molar-refractivity contribution in [2.24, 2.45) is 0 Å². The van der Waals surface area contributed by atoms with E-state index in [1.807, 2.05) is 51.1 Å². The van der Waals surface area contributed by atoms with Gasteiger partial charge in [0.15, 0.2) is 0 Å². The van der Waals surface area contributed by atoms with E-state index in [2.05, 4.69) is 26.2 Å². The number of hydrogen-bond acceptors (Lipinski definition) is 9. The molecule has 4 rings (SSSR count). The first-order chi connectivity index (χ1) is 21.3. The van der Waals surface area contributed by atoms with Gasteiger partial charge in [-0.05, 0) is 57.9 Å². The van der Waals surface area contributed by atoms with Crippen molar-refractivity contribution in [3.63, 3.8) is 0 Å². The van der Waals surface area contributed by atoms with Crippen molar-refractivity contribution in [2.45, 2.75) is 109 Å². The molecule has 0 amide bonds. The van der Waals surface area contributed by atoms with Crippen LogP contribution in [0.2, 0.25) is 0 Å². The molecule has 2 aliphatic rings. The molecule has 0 aliphatic carbocycles. The van der Waals surface area contributed by atoms with Gasteiger partial charge in [-0.25, -0.2) is 0 Å². The first-order valence-corrected chi connectivity index (χ1v) is 17.0. The van der Waals surface area contributed by atoms with Crippen molar-refractivity contribution in [1.82, 2.24) is 5.32 Å². The lowest BCUT2D eigenvalue weighted by Crippen LogP contribution is -3.00. The smallest absolute Gasteiger partial charge is 0.394 e. The van der Waals surface area contributed by atoms with E-state index < -0.39 is 22.4 Å². The molecule has 0 spiro atoms. The molecular weight excluding hydrogens is 696 g/mol. The molecule has 14 heteroatoms. The zero-order valence-electron chi connectivity index (χ0n) is 28.1. The molecule has 12 nitrogen and oxygen atoms in total. The number of rotatable bonds is 9. The van der Waals surface area contributed by atoms with Crippen LogP contribution in [0.1, 0.15) is 89.0 Å². The Hall–Kier alpha value is -2.14. The fourth-order valence-corrected chi connectivity index (χ4v) is 6.28. The second kappa shape index (κ2) is 18.6. The van der Waals surface area contributed by atoms with Gasteiger partial charge in [-0.15, -0.1) is 0 Å². The predicted octanol–water partition coefficient (Wildman–Crippen LogP) is 0.511. The summed E-state index contributed by atoms with van der Waals surface area (Å²) >= 11 is 0. The van der Waals surface area contributed by atoms with Crippen molar-refractivity contribution in [2.75, 3.05) is 20.2 Å². The van der Waals surface area contributed by atoms with E-state index in [1.54, 1.807) is 12.1 Å². The van der Waals surface area contributed by atoms with Crippen LogP contribution < -0.4 is 22.3 Å². The second-order valence-corrected chi connectivity index (χ2v) is 14.4. The topological polar surface area (TPSA) is 194 Å². The molecule has 6 atom stereocenters. The molecule has 268 valence electrons. The number of esters is 1. The van der Waals surface area contributed by atoms with Crippen molar-refractivity contribution in [3.8, 4) is 5.75 Å². The molecule has 2 aliphatic heterocycles. The van der Waals surface area contributed by atoms with Crippen molar-refractivity contribution in [3.05, 3.63) is 65.2 Å². The lowest BCUT2D eigenvalue weighted by molar-refractivity contribution is -0.968. The molecule has 2 aromatic rings. The van der Waals surface area contributed by atoms with Gasteiger partial charge in [0.05, 0.1) is 44.5 Å². The number of benzene rings is 2. The van der Waals surface area contributed by atoms with Crippen LogP contribution in [0.3, 0.4) is 0 Å². The monoisotopic (exact) mass is 748 g/mol. The minimum Gasteiger partial charge on any atom is -1.00 e. The van der Waals surface area contributed by atoms with E-state index in [9.17, 15) is 20.1 Å². The molecule has 2 aromatic carbocycles. The third-order valence-electron chi connectivity index (χ3n) is 9.03. The van der Waals surface area contributed by atoms with Gasteiger partial charge in [0, 0.05) is 43.3 Å². The van der Waals surface area contributed by atoms with Crippen molar-refractivity contribution in [1.29, 1.82) is 0 Å². The largest absolute Gasteiger partial charge is 1.00 e. The highest BCUT2D eigenvalue weighted by molar-refractivity contribution is 7.79. The summed E-state index contributed by atoms with van der Waals surface area (Å²) in [7, 11) is -2.30. The standard InChI is InChI=1S/C20H30NO3.C13H21NO3.BrH.H2O4S/c1-14(2)21(3)16-9-10-17(21)12-18(11-16)24-20(23)19(13-22)15-7-5-4-6-8-15;1-13(2,3)14-7-12(17)9-4-5-11(16)10(6-9)8-15;;1-5(2,3)4/h4-8,14,16-19,22H,9-13H2,1-3H3;4-6,12,14-17H,7-8H2,1-3H3;1H;(H2,1,2,3,4)/q+1;;;/p-1/t16-,17+,18?,19?,21?;;;. The molecule has 2 fully saturated rings. The second-order valence-electron chi connectivity index (χ2n) is 13.5. The molecule has 47 heavy (non-hydrogen) atoms. The number of β-amino-alcohol motifs (C(OH)–C–C–N with tert-alkyl or cyclic N) is 1. The number of fused-ring (bicyclic) bond motifs is 2. The van der Waals surface area contributed by atoms with Gasteiger partial charge in [-0.3, -0.25) is 13.9 Å². The SMILES string of the molecule is CC(C)(C)NCC(O)c1ccc(O)c(CO)c1.CC(C)[N+]1(C)[C@@H]2CC[C@H]1CC(OC(=O)C(CO)c1ccccc1)C2.O=S(=O)(O)O.[Br-]. The Labute approximate surface area is 289 Å². The maximum absolute atomic E-state index is 12.6. The fraction of sp³-hybridized carbons (Fsp3) is 0.606. The summed E-state index contributed by atoms with van der Waals surface area (Å²) in [6.45, 7) is 10.7. The average molecular weight is 750 g/mol. The number of aliphatic hydroxyl groups is 3. The van der Waals surface area contributed by atoms with E-state index in [0.29, 0.717) is 35.8 Å². The number of carbonyl (C=O) groups is 1. The Kier molecular flexibility index (Phi) is 16.9. The summed E-state index contributed by atoms with van der Waals surface area (Å²) < 4.78 is 38.5. The Bertz CT molecular complexity index is 1330. The lowest BCUT2D eigenvalue weighted by Gasteiger charge is -2.49. The summed E-state index contributed by atoms with van der Waals surface area (Å²) in [5, 5.41) is 41.3. The number of nitrogens with one attached hydrogen (secondary N) is 1. The summed E-state index contributed by atoms with van der Waals surface area (Å²) in [4.78, 5) is 12.6. The number of nitrogens with zero attached hydrogens (tertiary/aromatic N) is 1. The lowest BCUT2D eigenvalue weighted by atomic mass is 9.94. The van der Waals surface area contributed by atoms with Crippen LogP contribution in [-0.2, 0) is 26.5 Å². The molecule has 4 unspecified atom stereocenters.